The van der Waals surface area contributed by atoms with E-state index >= 15 is 9.59 Å². The Morgan fingerprint density at radius 3 is 1.31 bits per heavy atom. The third-order valence-electron chi connectivity index (χ3n) is 16.2. The zero-order chi connectivity index (χ0) is 66.1. The lowest BCUT2D eigenvalue weighted by atomic mass is 9.91. The maximum atomic E-state index is 15.1. The summed E-state index contributed by atoms with van der Waals surface area (Å²) in [7, 11) is 9.59. The molecular formula is C61H109N11O13. The van der Waals surface area contributed by atoms with E-state index in [1.165, 1.54) is 96.6 Å². The summed E-state index contributed by atoms with van der Waals surface area (Å²) in [5.74, 6) is -10.5. The number of nitrogens with one attached hydrogen (secondary N) is 4. The van der Waals surface area contributed by atoms with E-state index in [1.807, 2.05) is 41.5 Å². The topological polar surface area (TPSA) is 299 Å². The summed E-state index contributed by atoms with van der Waals surface area (Å²) >= 11 is 0. The van der Waals surface area contributed by atoms with Crippen LogP contribution < -0.4 is 21.3 Å². The minimum atomic E-state index is -1.64. The Hall–Kier alpha value is -6.17. The molecule has 0 saturated carbocycles. The highest BCUT2D eigenvalue weighted by Crippen LogP contribution is 2.26. The molecule has 1 saturated heterocycles. The second-order valence-corrected chi connectivity index (χ2v) is 25.5. The number of likely N-dealkylation sites (N-methyl/N-ethyl adjacent to an activating group) is 7. The van der Waals surface area contributed by atoms with E-state index in [-0.39, 0.29) is 49.9 Å². The van der Waals surface area contributed by atoms with Crippen LogP contribution in [0.15, 0.2) is 12.2 Å². The van der Waals surface area contributed by atoms with E-state index in [2.05, 4.69) is 21.3 Å². The van der Waals surface area contributed by atoms with Gasteiger partial charge in [0.15, 0.2) is 0 Å². The fourth-order valence-corrected chi connectivity index (χ4v) is 10.7. The van der Waals surface area contributed by atoms with Gasteiger partial charge in [-0.1, -0.05) is 95.2 Å². The molecule has 0 aromatic carbocycles. The summed E-state index contributed by atoms with van der Waals surface area (Å²) in [5, 5.41) is 33.9. The summed E-state index contributed by atoms with van der Waals surface area (Å²) in [6.07, 6.45) is 1.16. The average Bonchev–Trinajstić information content (AvgIpc) is 3.40. The van der Waals surface area contributed by atoms with Crippen LogP contribution in [0.3, 0.4) is 0 Å². The van der Waals surface area contributed by atoms with E-state index in [1.54, 1.807) is 60.6 Å². The van der Waals surface area contributed by atoms with Crippen LogP contribution in [0.1, 0.15) is 150 Å². The van der Waals surface area contributed by atoms with Gasteiger partial charge in [-0.3, -0.25) is 52.7 Å². The summed E-state index contributed by atoms with van der Waals surface area (Å²) in [6.45, 7) is 28.4. The number of carbonyl (C=O) groups excluding carboxylic acids is 11. The first kappa shape index (κ1) is 76.8. The first-order valence-corrected chi connectivity index (χ1v) is 30.2. The van der Waals surface area contributed by atoms with Crippen molar-refractivity contribution in [3.63, 3.8) is 0 Å². The monoisotopic (exact) mass is 1200 g/mol. The van der Waals surface area contributed by atoms with Crippen molar-refractivity contribution in [1.29, 1.82) is 0 Å². The number of amides is 11. The van der Waals surface area contributed by atoms with Gasteiger partial charge in [-0.15, -0.1) is 0 Å². The van der Waals surface area contributed by atoms with Crippen molar-refractivity contribution in [1.82, 2.24) is 55.6 Å². The number of aliphatic hydroxyl groups is 2. The van der Waals surface area contributed by atoms with Crippen LogP contribution in [-0.2, 0) is 52.7 Å². The van der Waals surface area contributed by atoms with Gasteiger partial charge >= 0.3 is 0 Å². The van der Waals surface area contributed by atoms with E-state index in [4.69, 9.17) is 0 Å². The molecule has 1 fully saturated rings. The highest BCUT2D eigenvalue weighted by Gasteiger charge is 2.46. The molecule has 1 heterocycles. The van der Waals surface area contributed by atoms with Gasteiger partial charge < -0.3 is 65.8 Å². The zero-order valence-electron chi connectivity index (χ0n) is 55.7. The van der Waals surface area contributed by atoms with Crippen molar-refractivity contribution in [2.24, 2.45) is 35.5 Å². The Morgan fingerprint density at radius 1 is 0.435 bits per heavy atom. The molecular weight excluding hydrogens is 1090 g/mol. The minimum Gasteiger partial charge on any atom is -0.391 e. The highest BCUT2D eigenvalue weighted by molar-refractivity contribution is 6.00. The smallest absolute Gasteiger partial charge is 0.246 e. The number of hydrogen-bond acceptors (Lipinski definition) is 13. The predicted octanol–water partition coefficient (Wildman–Crippen LogP) is 1.99. The van der Waals surface area contributed by atoms with Gasteiger partial charge in [0.25, 0.3) is 0 Å². The molecule has 1 rings (SSSR count). The Kier molecular flexibility index (Phi) is 31.0. The fraction of sp³-hybridized carbons (Fsp3) is 0.787. The molecule has 6 N–H and O–H groups in total. The van der Waals surface area contributed by atoms with Crippen LogP contribution in [0.5, 0.6) is 0 Å². The number of hydrogen-bond donors (Lipinski definition) is 6. The largest absolute Gasteiger partial charge is 0.391 e. The number of nitrogens with zero attached hydrogens (tertiary/aromatic N) is 7. The Balaban J connectivity index is 4.35. The third kappa shape index (κ3) is 20.5. The maximum Gasteiger partial charge on any atom is 0.246 e. The molecule has 11 amide bonds. The summed E-state index contributed by atoms with van der Waals surface area (Å²) < 4.78 is 0. The van der Waals surface area contributed by atoms with Crippen LogP contribution in [0.25, 0.3) is 0 Å². The lowest BCUT2D eigenvalue weighted by Gasteiger charge is -2.41. The van der Waals surface area contributed by atoms with E-state index in [0.717, 1.165) is 14.7 Å². The standard InChI is InChI=1S/C61H109N11O13/c1-25-27-28-37(13)50(74)49-54(78)64-42(26-2)57(81)66(18)40(16)56(80)71(23)48(41(17)73)53(77)65-46(35(9)10)60(84)67(19)43(29-32(3)4)52(76)62-38(14)51(75)63-39(15)55(79)68(20)44(30-33(5)6)58(82)69(21)45(31-34(7)8)59(83)70(22)47(36(11)12)61(85)72(49)24/h25,27,32-50,73-74H,26,28-31H2,1-24H3,(H,62,76)(H,63,75)(H,64,78)(H,65,77)/b27-25+/t37-,38+,39+,40-,41-,42+,43-,44+,45-,46+,47+,48+,49+,50-/m1/s1. The van der Waals surface area contributed by atoms with Crippen molar-refractivity contribution in [3.05, 3.63) is 12.2 Å². The van der Waals surface area contributed by atoms with Gasteiger partial charge in [0.1, 0.15) is 66.5 Å². The van der Waals surface area contributed by atoms with Crippen molar-refractivity contribution >= 4 is 65.0 Å². The van der Waals surface area contributed by atoms with Gasteiger partial charge in [-0.05, 0) is 102 Å². The Bertz CT molecular complexity index is 2340. The number of rotatable bonds is 14. The van der Waals surface area contributed by atoms with Crippen molar-refractivity contribution in [2.45, 2.75) is 228 Å². The number of aliphatic hydroxyl groups excluding tert-OH is 2. The zero-order valence-corrected chi connectivity index (χ0v) is 55.7. The van der Waals surface area contributed by atoms with E-state index < -0.39 is 161 Å². The Labute approximate surface area is 507 Å². The van der Waals surface area contributed by atoms with Crippen molar-refractivity contribution in [3.8, 4) is 0 Å². The Morgan fingerprint density at radius 2 is 0.859 bits per heavy atom. The van der Waals surface area contributed by atoms with Gasteiger partial charge in [0.05, 0.1) is 12.2 Å². The number of allylic oxidation sites excluding steroid dienone is 2. The second kappa shape index (κ2) is 34.2. The summed E-state index contributed by atoms with van der Waals surface area (Å²) in [4.78, 5) is 168. The van der Waals surface area contributed by atoms with E-state index in [9.17, 15) is 53.4 Å². The molecule has 0 spiro atoms. The molecule has 85 heavy (non-hydrogen) atoms. The summed E-state index contributed by atoms with van der Waals surface area (Å²) in [5.41, 5.74) is 0. The predicted molar refractivity (Wildman–Crippen MR) is 325 cm³/mol. The molecule has 486 valence electrons. The van der Waals surface area contributed by atoms with Crippen LogP contribution >= 0.6 is 0 Å². The third-order valence-corrected chi connectivity index (χ3v) is 16.2. The van der Waals surface area contributed by atoms with Gasteiger partial charge in [0, 0.05) is 49.3 Å². The molecule has 0 radical (unpaired) electrons. The quantitative estimate of drug-likeness (QED) is 0.136. The molecule has 0 bridgehead atoms. The molecule has 1 aliphatic rings. The molecule has 0 aromatic rings. The molecule has 0 unspecified atom stereocenters. The SMILES string of the molecule is C/C=C/C[C@@H](C)[C@@H](O)[C@H]1C(=O)N[C@@H](CC)C(=O)N(C)[C@H](C)C(=O)N(C)[C@@H]([C@@H](C)O)C(=O)N[C@@H](C(C)C)C(=O)N(C)[C@H](CC(C)C)C(=O)N[C@@H](C)C(=O)N[C@@H](C)C(=O)N(C)[C@@H](CC(C)C)C(=O)N(C)[C@H](CC(C)C)C(=O)N(C)[C@@H](C(C)C)C(=O)N1C. The highest BCUT2D eigenvalue weighted by atomic mass is 16.3. The molecule has 1 aliphatic heterocycles. The average molecular weight is 1200 g/mol. The molecule has 24 nitrogen and oxygen atoms in total. The maximum absolute atomic E-state index is 15.1. The van der Waals surface area contributed by atoms with Gasteiger partial charge in [-0.25, -0.2) is 0 Å². The fourth-order valence-electron chi connectivity index (χ4n) is 10.7. The van der Waals surface area contributed by atoms with Crippen LogP contribution in [0, 0.1) is 35.5 Å². The first-order valence-electron chi connectivity index (χ1n) is 30.2. The number of carbonyl (C=O) groups is 11. The van der Waals surface area contributed by atoms with E-state index in [0.29, 0.717) is 0 Å². The van der Waals surface area contributed by atoms with Gasteiger partial charge in [0.2, 0.25) is 65.0 Å². The summed E-state index contributed by atoms with van der Waals surface area (Å²) in [6, 6.07) is -14.5. The molecule has 0 aromatic heterocycles. The minimum absolute atomic E-state index is 0.0257. The normalized spacial score (nSPS) is 28.1. The van der Waals surface area contributed by atoms with Crippen LogP contribution in [0.2, 0.25) is 0 Å². The van der Waals surface area contributed by atoms with Crippen molar-refractivity contribution < 1.29 is 63.0 Å². The first-order chi connectivity index (χ1) is 39.2. The molecule has 24 heteroatoms. The molecule has 0 aliphatic carbocycles. The lowest BCUT2D eigenvalue weighted by molar-refractivity contribution is -0.157. The van der Waals surface area contributed by atoms with Gasteiger partial charge in [-0.2, -0.15) is 0 Å². The molecule has 14 atom stereocenters. The second-order valence-electron chi connectivity index (χ2n) is 25.5. The van der Waals surface area contributed by atoms with Crippen LogP contribution in [-0.4, -0.2) is 237 Å². The lowest BCUT2D eigenvalue weighted by Crippen LogP contribution is -2.64. The van der Waals surface area contributed by atoms with Crippen molar-refractivity contribution in [2.75, 3.05) is 49.3 Å². The van der Waals surface area contributed by atoms with Crippen LogP contribution in [0.4, 0.5) is 0 Å².